The summed E-state index contributed by atoms with van der Waals surface area (Å²) in [5.74, 6) is 0. The molecule has 0 aromatic heterocycles. The van der Waals surface area contributed by atoms with Crippen LogP contribution in [0.2, 0.25) is 0 Å². The molecule has 3 unspecified atom stereocenters. The Morgan fingerprint density at radius 3 is 2.12 bits per heavy atom. The molecule has 0 aromatic carbocycles. The van der Waals surface area contributed by atoms with Crippen LogP contribution in [0, 0.1) is 0 Å². The summed E-state index contributed by atoms with van der Waals surface area (Å²) in [6.07, 6.45) is -0.0972. The smallest absolute Gasteiger partial charge is 0.117 e. The van der Waals surface area contributed by atoms with Gasteiger partial charge in [-0.15, -0.1) is 0 Å². The average Bonchev–Trinajstić information content (AvgIpc) is 2.17. The highest BCUT2D eigenvalue weighted by Gasteiger charge is 2.52. The van der Waals surface area contributed by atoms with Crippen molar-refractivity contribution in [2.75, 3.05) is 0 Å². The lowest BCUT2D eigenvalue weighted by atomic mass is 10.0. The molecule has 1 aliphatic rings. The Balaban J connectivity index is 2.47. The Labute approximate surface area is 49.5 Å². The number of ether oxygens (including phenoxy) is 1. The van der Waals surface area contributed by atoms with Crippen molar-refractivity contribution in [1.82, 2.24) is 0 Å². The zero-order valence-corrected chi connectivity index (χ0v) is 5.51. The molecule has 0 saturated carbocycles. The van der Waals surface area contributed by atoms with Gasteiger partial charge in [0.25, 0.3) is 0 Å². The summed E-state index contributed by atoms with van der Waals surface area (Å²) < 4.78 is 5.12. The van der Waals surface area contributed by atoms with E-state index in [4.69, 9.17) is 9.84 Å². The molecule has 1 aliphatic heterocycles. The summed E-state index contributed by atoms with van der Waals surface area (Å²) in [5.41, 5.74) is -0.236. The number of hydrogen-bond donors (Lipinski definition) is 1. The highest BCUT2D eigenvalue weighted by Crippen LogP contribution is 2.38. The van der Waals surface area contributed by atoms with Gasteiger partial charge in [0.1, 0.15) is 5.60 Å². The van der Waals surface area contributed by atoms with Crippen molar-refractivity contribution in [3.8, 4) is 0 Å². The lowest BCUT2D eigenvalue weighted by Crippen LogP contribution is -2.24. The highest BCUT2D eigenvalue weighted by atomic mass is 16.6. The number of epoxide rings is 1. The van der Waals surface area contributed by atoms with Gasteiger partial charge in [-0.1, -0.05) is 0 Å². The standard InChI is InChI=1S/C6H12O2/c1-4(7)6(3)5(2)8-6/h4-5,7H,1-3H3. The van der Waals surface area contributed by atoms with Crippen molar-refractivity contribution in [2.24, 2.45) is 0 Å². The van der Waals surface area contributed by atoms with Crippen LogP contribution in [0.1, 0.15) is 20.8 Å². The van der Waals surface area contributed by atoms with E-state index < -0.39 is 0 Å². The van der Waals surface area contributed by atoms with E-state index >= 15 is 0 Å². The minimum Gasteiger partial charge on any atom is -0.390 e. The van der Waals surface area contributed by atoms with E-state index in [9.17, 15) is 0 Å². The Kier molecular flexibility index (Phi) is 1.10. The number of rotatable bonds is 1. The second-order valence-corrected chi connectivity index (χ2v) is 2.62. The summed E-state index contributed by atoms with van der Waals surface area (Å²) in [7, 11) is 0. The Morgan fingerprint density at radius 1 is 1.75 bits per heavy atom. The summed E-state index contributed by atoms with van der Waals surface area (Å²) in [6, 6.07) is 0. The van der Waals surface area contributed by atoms with Gasteiger partial charge in [0.15, 0.2) is 0 Å². The van der Waals surface area contributed by atoms with E-state index in [1.807, 2.05) is 13.8 Å². The first kappa shape index (κ1) is 6.05. The van der Waals surface area contributed by atoms with Gasteiger partial charge in [0, 0.05) is 0 Å². The van der Waals surface area contributed by atoms with E-state index in [1.54, 1.807) is 6.92 Å². The third-order valence-corrected chi connectivity index (χ3v) is 2.01. The fourth-order valence-corrected chi connectivity index (χ4v) is 0.785. The van der Waals surface area contributed by atoms with Gasteiger partial charge in [0.05, 0.1) is 12.2 Å². The van der Waals surface area contributed by atoms with Gasteiger partial charge < -0.3 is 9.84 Å². The second-order valence-electron chi connectivity index (χ2n) is 2.62. The molecular formula is C6H12O2. The van der Waals surface area contributed by atoms with Crippen molar-refractivity contribution in [3.63, 3.8) is 0 Å². The maximum absolute atomic E-state index is 9.00. The molecular weight excluding hydrogens is 104 g/mol. The minimum atomic E-state index is -0.336. The molecule has 0 aliphatic carbocycles. The summed E-state index contributed by atoms with van der Waals surface area (Å²) in [4.78, 5) is 0. The molecule has 1 N–H and O–H groups in total. The van der Waals surface area contributed by atoms with Crippen LogP contribution in [0.3, 0.4) is 0 Å². The molecule has 2 heteroatoms. The first-order chi connectivity index (χ1) is 3.57. The molecule has 0 radical (unpaired) electrons. The normalized spacial score (nSPS) is 48.8. The second kappa shape index (κ2) is 1.45. The van der Waals surface area contributed by atoms with Crippen molar-refractivity contribution in [1.29, 1.82) is 0 Å². The summed E-state index contributed by atoms with van der Waals surface area (Å²) in [6.45, 7) is 5.64. The predicted octanol–water partition coefficient (Wildman–Crippen LogP) is 0.545. The van der Waals surface area contributed by atoms with Gasteiger partial charge in [-0.2, -0.15) is 0 Å². The highest BCUT2D eigenvalue weighted by molar-refractivity contribution is 4.99. The lowest BCUT2D eigenvalue weighted by molar-refractivity contribution is 0.101. The maximum Gasteiger partial charge on any atom is 0.117 e. The van der Waals surface area contributed by atoms with Crippen LogP contribution in [-0.4, -0.2) is 22.9 Å². The third-order valence-electron chi connectivity index (χ3n) is 2.01. The molecule has 8 heavy (non-hydrogen) atoms. The zero-order valence-electron chi connectivity index (χ0n) is 5.51. The lowest BCUT2D eigenvalue weighted by Gasteiger charge is -2.06. The first-order valence-electron chi connectivity index (χ1n) is 2.93. The zero-order chi connectivity index (χ0) is 6.36. The van der Waals surface area contributed by atoms with E-state index in [0.29, 0.717) is 0 Å². The largest absolute Gasteiger partial charge is 0.390 e. The van der Waals surface area contributed by atoms with Crippen LogP contribution in [0.25, 0.3) is 0 Å². The van der Waals surface area contributed by atoms with Crippen molar-refractivity contribution in [3.05, 3.63) is 0 Å². The van der Waals surface area contributed by atoms with E-state index in [2.05, 4.69) is 0 Å². The van der Waals surface area contributed by atoms with Crippen LogP contribution < -0.4 is 0 Å². The molecule has 0 bridgehead atoms. The quantitative estimate of drug-likeness (QED) is 0.507. The van der Waals surface area contributed by atoms with Crippen molar-refractivity contribution in [2.45, 2.75) is 38.6 Å². The number of aliphatic hydroxyl groups is 1. The third kappa shape index (κ3) is 0.644. The molecule has 0 amide bonds. The molecule has 1 saturated heterocycles. The Morgan fingerprint density at radius 2 is 2.12 bits per heavy atom. The predicted molar refractivity (Wildman–Crippen MR) is 30.6 cm³/mol. The molecule has 1 heterocycles. The molecule has 1 rings (SSSR count). The van der Waals surface area contributed by atoms with Gasteiger partial charge in [-0.3, -0.25) is 0 Å². The number of hydrogen-bond acceptors (Lipinski definition) is 2. The fraction of sp³-hybridized carbons (Fsp3) is 1.00. The van der Waals surface area contributed by atoms with Crippen molar-refractivity contribution >= 4 is 0 Å². The van der Waals surface area contributed by atoms with Crippen LogP contribution in [-0.2, 0) is 4.74 Å². The van der Waals surface area contributed by atoms with E-state index in [0.717, 1.165) is 0 Å². The number of aliphatic hydroxyl groups excluding tert-OH is 1. The summed E-state index contributed by atoms with van der Waals surface area (Å²) in [5, 5.41) is 9.00. The van der Waals surface area contributed by atoms with E-state index in [-0.39, 0.29) is 17.8 Å². The summed E-state index contributed by atoms with van der Waals surface area (Å²) >= 11 is 0. The molecule has 2 nitrogen and oxygen atoms in total. The Bertz CT molecular complexity index is 101. The van der Waals surface area contributed by atoms with Gasteiger partial charge >= 0.3 is 0 Å². The fourth-order valence-electron chi connectivity index (χ4n) is 0.785. The average molecular weight is 116 g/mol. The molecule has 48 valence electrons. The van der Waals surface area contributed by atoms with Crippen molar-refractivity contribution < 1.29 is 9.84 Å². The minimum absolute atomic E-state index is 0.236. The van der Waals surface area contributed by atoms with E-state index in [1.165, 1.54) is 0 Å². The van der Waals surface area contributed by atoms with Gasteiger partial charge in [0.2, 0.25) is 0 Å². The first-order valence-corrected chi connectivity index (χ1v) is 2.93. The monoisotopic (exact) mass is 116 g/mol. The molecule has 0 aromatic rings. The molecule has 3 atom stereocenters. The molecule has 1 fully saturated rings. The van der Waals surface area contributed by atoms with Gasteiger partial charge in [-0.05, 0) is 20.8 Å². The van der Waals surface area contributed by atoms with Crippen LogP contribution in [0.15, 0.2) is 0 Å². The van der Waals surface area contributed by atoms with Gasteiger partial charge in [-0.25, -0.2) is 0 Å². The van der Waals surface area contributed by atoms with Crippen LogP contribution >= 0.6 is 0 Å². The topological polar surface area (TPSA) is 32.8 Å². The van der Waals surface area contributed by atoms with Crippen LogP contribution in [0.5, 0.6) is 0 Å². The molecule has 0 spiro atoms. The SMILES string of the molecule is CC(O)C1(C)OC1C. The Hall–Kier alpha value is -0.0800. The van der Waals surface area contributed by atoms with Crippen LogP contribution in [0.4, 0.5) is 0 Å². The maximum atomic E-state index is 9.00.